The molecule has 0 heterocycles. The predicted octanol–water partition coefficient (Wildman–Crippen LogP) is 1.99. The fourth-order valence-corrected chi connectivity index (χ4v) is 1.19. The Balaban J connectivity index is 2.80. The molecule has 1 N–H and O–H groups in total. The van der Waals surface area contributed by atoms with Gasteiger partial charge in [-0.2, -0.15) is 5.26 Å². The topological polar surface area (TPSA) is 52.9 Å². The minimum absolute atomic E-state index is 0.188. The van der Waals surface area contributed by atoms with Crippen LogP contribution in [-0.4, -0.2) is 12.5 Å². The third-order valence-corrected chi connectivity index (χ3v) is 1.96. The van der Waals surface area contributed by atoms with Crippen molar-refractivity contribution in [1.82, 2.24) is 5.32 Å². The van der Waals surface area contributed by atoms with Crippen molar-refractivity contribution in [3.63, 3.8) is 0 Å². The number of carbonyl (C=O) groups excluding carboxylic acids is 1. The highest BCUT2D eigenvalue weighted by atomic mass is 19.1. The van der Waals surface area contributed by atoms with Crippen LogP contribution in [0.2, 0.25) is 0 Å². The number of rotatable bonds is 3. The van der Waals surface area contributed by atoms with Gasteiger partial charge in [0.1, 0.15) is 23.3 Å². The molecule has 0 spiro atoms. The molecule has 3 nitrogen and oxygen atoms in total. The van der Waals surface area contributed by atoms with Gasteiger partial charge in [0, 0.05) is 13.5 Å². The van der Waals surface area contributed by atoms with Gasteiger partial charge in [0.2, 0.25) is 5.91 Å². The van der Waals surface area contributed by atoms with Crippen LogP contribution in [0.15, 0.2) is 18.2 Å². The van der Waals surface area contributed by atoms with Gasteiger partial charge in [-0.1, -0.05) is 12.2 Å². The molecule has 1 aromatic rings. The maximum absolute atomic E-state index is 13.2. The quantitative estimate of drug-likeness (QED) is 0.872. The number of halogens is 2. The first-order chi connectivity index (χ1) is 8.04. The van der Waals surface area contributed by atoms with Gasteiger partial charge in [-0.25, -0.2) is 8.78 Å². The summed E-state index contributed by atoms with van der Waals surface area (Å²) in [5, 5.41) is 11.0. The second kappa shape index (κ2) is 5.75. The van der Waals surface area contributed by atoms with E-state index < -0.39 is 17.2 Å². The number of nitrogens with one attached hydrogen (secondary N) is 1. The molecule has 5 heteroatoms. The van der Waals surface area contributed by atoms with Gasteiger partial charge in [-0.15, -0.1) is 0 Å². The highest BCUT2D eigenvalue weighted by molar-refractivity contribution is 5.73. The molecule has 1 amide bonds. The van der Waals surface area contributed by atoms with Crippen molar-refractivity contribution in [2.75, 3.05) is 6.54 Å². The SMILES string of the molecule is CC(=O)NCC=Cc1cc(F)c(C#N)c(F)c1. The van der Waals surface area contributed by atoms with Crippen LogP contribution in [0.25, 0.3) is 6.08 Å². The van der Waals surface area contributed by atoms with Gasteiger partial charge >= 0.3 is 0 Å². The Labute approximate surface area is 97.4 Å². The lowest BCUT2D eigenvalue weighted by molar-refractivity contribution is -0.118. The van der Waals surface area contributed by atoms with Crippen LogP contribution in [0.1, 0.15) is 18.1 Å². The lowest BCUT2D eigenvalue weighted by Gasteiger charge is -1.99. The molecular weight excluding hydrogens is 226 g/mol. The van der Waals surface area contributed by atoms with Crippen LogP contribution in [-0.2, 0) is 4.79 Å². The number of hydrogen-bond acceptors (Lipinski definition) is 2. The molecule has 0 unspecified atom stereocenters. The summed E-state index contributed by atoms with van der Waals surface area (Å²) >= 11 is 0. The normalized spacial score (nSPS) is 10.2. The molecule has 0 saturated carbocycles. The molecule has 0 aliphatic rings. The molecule has 1 aromatic carbocycles. The first kappa shape index (κ1) is 12.8. The van der Waals surface area contributed by atoms with Crippen LogP contribution in [0.4, 0.5) is 8.78 Å². The van der Waals surface area contributed by atoms with E-state index >= 15 is 0 Å². The molecule has 0 atom stereocenters. The highest BCUT2D eigenvalue weighted by Crippen LogP contribution is 2.15. The largest absolute Gasteiger partial charge is 0.353 e. The van der Waals surface area contributed by atoms with E-state index in [4.69, 9.17) is 5.26 Å². The summed E-state index contributed by atoms with van der Waals surface area (Å²) < 4.78 is 26.4. The number of nitriles is 1. The zero-order valence-electron chi connectivity index (χ0n) is 9.13. The van der Waals surface area contributed by atoms with Crippen LogP contribution >= 0.6 is 0 Å². The second-order valence-electron chi connectivity index (χ2n) is 3.31. The first-order valence-electron chi connectivity index (χ1n) is 4.84. The second-order valence-corrected chi connectivity index (χ2v) is 3.31. The molecule has 17 heavy (non-hydrogen) atoms. The Kier molecular flexibility index (Phi) is 4.35. The first-order valence-corrected chi connectivity index (χ1v) is 4.84. The lowest BCUT2D eigenvalue weighted by atomic mass is 10.1. The summed E-state index contributed by atoms with van der Waals surface area (Å²) in [6.45, 7) is 1.65. The van der Waals surface area contributed by atoms with E-state index in [0.717, 1.165) is 12.1 Å². The molecule has 0 fully saturated rings. The fourth-order valence-electron chi connectivity index (χ4n) is 1.19. The number of benzene rings is 1. The zero-order chi connectivity index (χ0) is 12.8. The minimum Gasteiger partial charge on any atom is -0.353 e. The van der Waals surface area contributed by atoms with E-state index in [2.05, 4.69) is 5.32 Å². The monoisotopic (exact) mass is 236 g/mol. The lowest BCUT2D eigenvalue weighted by Crippen LogP contribution is -2.19. The van der Waals surface area contributed by atoms with Crippen molar-refractivity contribution in [2.24, 2.45) is 0 Å². The third-order valence-electron chi connectivity index (χ3n) is 1.96. The number of carbonyl (C=O) groups is 1. The van der Waals surface area contributed by atoms with E-state index in [1.165, 1.54) is 19.1 Å². The third kappa shape index (κ3) is 3.68. The summed E-state index contributed by atoms with van der Waals surface area (Å²) in [5.41, 5.74) is -0.298. The van der Waals surface area contributed by atoms with Crippen molar-refractivity contribution >= 4 is 12.0 Å². The summed E-state index contributed by atoms with van der Waals surface area (Å²) in [5.74, 6) is -1.98. The standard InChI is InChI=1S/C12H10F2N2O/c1-8(17)16-4-2-3-9-5-11(13)10(7-15)12(14)6-9/h2-3,5-6H,4H2,1H3,(H,16,17). The van der Waals surface area contributed by atoms with E-state index in [0.29, 0.717) is 5.56 Å². The maximum atomic E-state index is 13.2. The van der Waals surface area contributed by atoms with Crippen molar-refractivity contribution in [2.45, 2.75) is 6.92 Å². The van der Waals surface area contributed by atoms with Crippen LogP contribution in [0, 0.1) is 23.0 Å². The molecule has 0 aliphatic heterocycles. The van der Waals surface area contributed by atoms with Crippen LogP contribution in [0.3, 0.4) is 0 Å². The molecule has 88 valence electrons. The Bertz CT molecular complexity index is 481. The Morgan fingerprint density at radius 1 is 1.47 bits per heavy atom. The van der Waals surface area contributed by atoms with Crippen molar-refractivity contribution in [1.29, 1.82) is 5.26 Å². The minimum atomic E-state index is -0.897. The van der Waals surface area contributed by atoms with Gasteiger partial charge in [0.05, 0.1) is 0 Å². The van der Waals surface area contributed by atoms with Crippen LogP contribution < -0.4 is 5.32 Å². The summed E-state index contributed by atoms with van der Waals surface area (Å²) in [6.07, 6.45) is 3.02. The Hall–Kier alpha value is -2.22. The molecule has 1 rings (SSSR count). The van der Waals surface area contributed by atoms with Crippen molar-refractivity contribution in [3.8, 4) is 6.07 Å². The number of hydrogen-bond donors (Lipinski definition) is 1. The Morgan fingerprint density at radius 2 is 2.06 bits per heavy atom. The molecule has 0 radical (unpaired) electrons. The highest BCUT2D eigenvalue weighted by Gasteiger charge is 2.08. The van der Waals surface area contributed by atoms with Gasteiger partial charge in [0.25, 0.3) is 0 Å². The fraction of sp³-hybridized carbons (Fsp3) is 0.167. The van der Waals surface area contributed by atoms with Crippen molar-refractivity contribution < 1.29 is 13.6 Å². The maximum Gasteiger partial charge on any atom is 0.217 e. The zero-order valence-corrected chi connectivity index (χ0v) is 9.13. The smallest absolute Gasteiger partial charge is 0.217 e. The van der Waals surface area contributed by atoms with Gasteiger partial charge in [-0.3, -0.25) is 4.79 Å². The predicted molar refractivity (Wildman–Crippen MR) is 58.8 cm³/mol. The van der Waals surface area contributed by atoms with Crippen molar-refractivity contribution in [3.05, 3.63) is 41.0 Å². The van der Waals surface area contributed by atoms with E-state index in [1.807, 2.05) is 0 Å². The average molecular weight is 236 g/mol. The van der Waals surface area contributed by atoms with Gasteiger partial charge < -0.3 is 5.32 Å². The summed E-state index contributed by atoms with van der Waals surface area (Å²) in [4.78, 5) is 10.5. The van der Waals surface area contributed by atoms with Crippen LogP contribution in [0.5, 0.6) is 0 Å². The van der Waals surface area contributed by atoms with E-state index in [1.54, 1.807) is 6.08 Å². The molecular formula is C12H10F2N2O. The van der Waals surface area contributed by atoms with Gasteiger partial charge in [-0.05, 0) is 17.7 Å². The Morgan fingerprint density at radius 3 is 2.53 bits per heavy atom. The molecule has 0 aliphatic carbocycles. The molecule has 0 saturated heterocycles. The van der Waals surface area contributed by atoms with E-state index in [9.17, 15) is 13.6 Å². The molecule has 0 aromatic heterocycles. The average Bonchev–Trinajstić information content (AvgIpc) is 2.24. The summed E-state index contributed by atoms with van der Waals surface area (Å²) in [7, 11) is 0. The number of amides is 1. The van der Waals surface area contributed by atoms with Gasteiger partial charge in [0.15, 0.2) is 0 Å². The summed E-state index contributed by atoms with van der Waals surface area (Å²) in [6, 6.07) is 3.56. The van der Waals surface area contributed by atoms with E-state index in [-0.39, 0.29) is 12.5 Å². The molecule has 0 bridgehead atoms. The number of nitrogens with zero attached hydrogens (tertiary/aromatic N) is 1.